The Kier molecular flexibility index (Phi) is 2.65. The predicted molar refractivity (Wildman–Crippen MR) is 59.7 cm³/mol. The molecule has 1 heterocycles. The molecule has 80 valence electrons. The fraction of sp³-hybridized carbons (Fsp3) is 0.300. The van der Waals surface area contributed by atoms with Crippen LogP contribution in [0.25, 0.3) is 10.9 Å². The first-order valence-electron chi connectivity index (χ1n) is 4.63. The molecule has 0 saturated heterocycles. The molecule has 1 aromatic carbocycles. The highest BCUT2D eigenvalue weighted by molar-refractivity contribution is 6.34. The van der Waals surface area contributed by atoms with Crippen LogP contribution >= 0.6 is 11.6 Å². The number of aliphatic hydroxyl groups excluding tert-OH is 1. The van der Waals surface area contributed by atoms with E-state index >= 15 is 0 Å². The third kappa shape index (κ3) is 1.71. The van der Waals surface area contributed by atoms with Crippen molar-refractivity contribution in [1.82, 2.24) is 9.78 Å². The van der Waals surface area contributed by atoms with Crippen molar-refractivity contribution in [2.24, 2.45) is 12.8 Å². The molecule has 0 aliphatic carbocycles. The summed E-state index contributed by atoms with van der Waals surface area (Å²) in [6.45, 7) is 0.198. The van der Waals surface area contributed by atoms with Gasteiger partial charge in [-0.25, -0.2) is 0 Å². The maximum absolute atomic E-state index is 9.59. The average Bonchev–Trinajstić information content (AvgIpc) is 2.53. The van der Waals surface area contributed by atoms with Crippen molar-refractivity contribution in [1.29, 1.82) is 0 Å². The fourth-order valence-corrected chi connectivity index (χ4v) is 1.85. The summed E-state index contributed by atoms with van der Waals surface area (Å²) in [7, 11) is 1.83. The van der Waals surface area contributed by atoms with Gasteiger partial charge in [0.15, 0.2) is 5.15 Å². The summed E-state index contributed by atoms with van der Waals surface area (Å²) in [6, 6.07) is 5.53. The SMILES string of the molecule is Cn1nc(Cl)c2cc(C(O)CN)ccc21. The van der Waals surface area contributed by atoms with Crippen molar-refractivity contribution in [3.63, 3.8) is 0 Å². The number of nitrogens with zero attached hydrogens (tertiary/aromatic N) is 2. The highest BCUT2D eigenvalue weighted by Crippen LogP contribution is 2.25. The molecule has 0 amide bonds. The van der Waals surface area contributed by atoms with E-state index in [1.54, 1.807) is 4.68 Å². The van der Waals surface area contributed by atoms with Crippen LogP contribution in [0.4, 0.5) is 0 Å². The number of aryl methyl sites for hydroxylation is 1. The maximum atomic E-state index is 9.59. The number of halogens is 1. The van der Waals surface area contributed by atoms with Crippen molar-refractivity contribution in [2.75, 3.05) is 6.54 Å². The van der Waals surface area contributed by atoms with Crippen LogP contribution in [0, 0.1) is 0 Å². The van der Waals surface area contributed by atoms with Gasteiger partial charge < -0.3 is 10.8 Å². The number of nitrogens with two attached hydrogens (primary N) is 1. The van der Waals surface area contributed by atoms with Crippen LogP contribution in [-0.4, -0.2) is 21.4 Å². The zero-order chi connectivity index (χ0) is 11.0. The van der Waals surface area contributed by atoms with Gasteiger partial charge in [0.2, 0.25) is 0 Å². The summed E-state index contributed by atoms with van der Waals surface area (Å²) in [6.07, 6.45) is -0.648. The first-order valence-corrected chi connectivity index (χ1v) is 5.01. The van der Waals surface area contributed by atoms with Crippen molar-refractivity contribution < 1.29 is 5.11 Å². The molecule has 0 saturated carbocycles. The molecule has 1 atom stereocenters. The number of aliphatic hydroxyl groups is 1. The van der Waals surface area contributed by atoms with Crippen LogP contribution in [0.1, 0.15) is 11.7 Å². The number of hydrogen-bond acceptors (Lipinski definition) is 3. The van der Waals surface area contributed by atoms with E-state index in [9.17, 15) is 5.11 Å². The van der Waals surface area contributed by atoms with Gasteiger partial charge in [0.05, 0.1) is 11.6 Å². The monoisotopic (exact) mass is 225 g/mol. The molecule has 4 nitrogen and oxygen atoms in total. The van der Waals surface area contributed by atoms with E-state index in [0.29, 0.717) is 5.15 Å². The van der Waals surface area contributed by atoms with Gasteiger partial charge in [0.25, 0.3) is 0 Å². The van der Waals surface area contributed by atoms with Crippen LogP contribution in [0.2, 0.25) is 5.15 Å². The van der Waals surface area contributed by atoms with Gasteiger partial charge in [-0.15, -0.1) is 0 Å². The van der Waals surface area contributed by atoms with Crippen LogP contribution < -0.4 is 5.73 Å². The number of hydrogen-bond donors (Lipinski definition) is 2. The Hall–Kier alpha value is -1.10. The number of rotatable bonds is 2. The van der Waals surface area contributed by atoms with Gasteiger partial charge in [-0.1, -0.05) is 17.7 Å². The Morgan fingerprint density at radius 1 is 1.60 bits per heavy atom. The number of fused-ring (bicyclic) bond motifs is 1. The van der Waals surface area contributed by atoms with Crippen LogP contribution in [0.15, 0.2) is 18.2 Å². The van der Waals surface area contributed by atoms with E-state index < -0.39 is 6.10 Å². The quantitative estimate of drug-likeness (QED) is 0.808. The van der Waals surface area contributed by atoms with Gasteiger partial charge in [0.1, 0.15) is 0 Å². The number of benzene rings is 1. The molecular formula is C10H12ClN3O. The fourth-order valence-electron chi connectivity index (χ4n) is 1.58. The molecule has 0 aliphatic rings. The van der Waals surface area contributed by atoms with E-state index in [0.717, 1.165) is 16.5 Å². The van der Waals surface area contributed by atoms with E-state index in [1.165, 1.54) is 0 Å². The molecule has 2 rings (SSSR count). The van der Waals surface area contributed by atoms with Gasteiger partial charge in [-0.3, -0.25) is 4.68 Å². The molecule has 15 heavy (non-hydrogen) atoms. The van der Waals surface area contributed by atoms with Crippen LogP contribution in [0.3, 0.4) is 0 Å². The molecule has 2 aromatic rings. The molecule has 1 aromatic heterocycles. The van der Waals surface area contributed by atoms with E-state index in [-0.39, 0.29) is 6.54 Å². The normalized spacial score (nSPS) is 13.3. The lowest BCUT2D eigenvalue weighted by Crippen LogP contribution is -2.11. The van der Waals surface area contributed by atoms with Gasteiger partial charge in [-0.2, -0.15) is 5.10 Å². The first-order chi connectivity index (χ1) is 7.13. The third-order valence-electron chi connectivity index (χ3n) is 2.44. The Labute approximate surface area is 92.3 Å². The molecule has 0 fully saturated rings. The molecule has 0 spiro atoms. The lowest BCUT2D eigenvalue weighted by Gasteiger charge is -2.07. The largest absolute Gasteiger partial charge is 0.387 e. The Bertz CT molecular complexity index is 495. The van der Waals surface area contributed by atoms with Gasteiger partial charge in [0, 0.05) is 19.0 Å². The minimum Gasteiger partial charge on any atom is -0.387 e. The Morgan fingerprint density at radius 3 is 3.00 bits per heavy atom. The summed E-state index contributed by atoms with van der Waals surface area (Å²) < 4.78 is 1.70. The van der Waals surface area contributed by atoms with E-state index in [2.05, 4.69) is 5.10 Å². The summed E-state index contributed by atoms with van der Waals surface area (Å²) >= 11 is 5.95. The molecule has 3 N–H and O–H groups in total. The zero-order valence-electron chi connectivity index (χ0n) is 8.31. The Morgan fingerprint density at radius 2 is 2.33 bits per heavy atom. The van der Waals surface area contributed by atoms with Gasteiger partial charge in [-0.05, 0) is 17.7 Å². The van der Waals surface area contributed by atoms with E-state index in [1.807, 2.05) is 25.2 Å². The minimum absolute atomic E-state index is 0.198. The summed E-state index contributed by atoms with van der Waals surface area (Å²) in [5, 5.41) is 15.0. The smallest absolute Gasteiger partial charge is 0.158 e. The second-order valence-corrected chi connectivity index (χ2v) is 3.80. The second kappa shape index (κ2) is 3.81. The van der Waals surface area contributed by atoms with Crippen LogP contribution in [-0.2, 0) is 7.05 Å². The molecule has 1 unspecified atom stereocenters. The third-order valence-corrected chi connectivity index (χ3v) is 2.72. The van der Waals surface area contributed by atoms with Gasteiger partial charge >= 0.3 is 0 Å². The summed E-state index contributed by atoms with van der Waals surface area (Å²) in [5.41, 5.74) is 7.09. The number of aromatic nitrogens is 2. The standard InChI is InChI=1S/C10H12ClN3O/c1-14-8-3-2-6(9(15)5-12)4-7(8)10(11)13-14/h2-4,9,15H,5,12H2,1H3. The molecule has 0 radical (unpaired) electrons. The highest BCUT2D eigenvalue weighted by atomic mass is 35.5. The second-order valence-electron chi connectivity index (χ2n) is 3.44. The lowest BCUT2D eigenvalue weighted by atomic mass is 10.1. The highest BCUT2D eigenvalue weighted by Gasteiger charge is 2.10. The molecule has 0 bridgehead atoms. The predicted octanol–water partition coefficient (Wildman–Crippen LogP) is 1.22. The van der Waals surface area contributed by atoms with Crippen molar-refractivity contribution >= 4 is 22.5 Å². The molecule has 0 aliphatic heterocycles. The van der Waals surface area contributed by atoms with Crippen molar-refractivity contribution in [2.45, 2.75) is 6.10 Å². The Balaban J connectivity index is 2.60. The molecule has 5 heteroatoms. The summed E-state index contributed by atoms with van der Waals surface area (Å²) in [5.74, 6) is 0. The molecular weight excluding hydrogens is 214 g/mol. The average molecular weight is 226 g/mol. The van der Waals surface area contributed by atoms with Crippen molar-refractivity contribution in [3.05, 3.63) is 28.9 Å². The zero-order valence-corrected chi connectivity index (χ0v) is 9.07. The topological polar surface area (TPSA) is 64.1 Å². The first kappa shape index (κ1) is 10.4. The van der Waals surface area contributed by atoms with E-state index in [4.69, 9.17) is 17.3 Å². The van der Waals surface area contributed by atoms with Crippen molar-refractivity contribution in [3.8, 4) is 0 Å². The maximum Gasteiger partial charge on any atom is 0.158 e. The lowest BCUT2D eigenvalue weighted by molar-refractivity contribution is 0.187. The van der Waals surface area contributed by atoms with Crippen LogP contribution in [0.5, 0.6) is 0 Å². The minimum atomic E-state index is -0.648. The summed E-state index contributed by atoms with van der Waals surface area (Å²) in [4.78, 5) is 0.